The normalized spacial score (nSPS) is 9.62. The van der Waals surface area contributed by atoms with Gasteiger partial charge >= 0.3 is 6.03 Å². The number of hydrogen-bond donors (Lipinski definition) is 2. The highest BCUT2D eigenvalue weighted by atomic mass is 32.2. The van der Waals surface area contributed by atoms with E-state index in [2.05, 4.69) is 17.2 Å². The van der Waals surface area contributed by atoms with E-state index in [0.717, 1.165) is 10.8 Å². The highest BCUT2D eigenvalue weighted by Gasteiger charge is 1.97. The Morgan fingerprint density at radius 1 is 1.69 bits per heavy atom. The van der Waals surface area contributed by atoms with Crippen molar-refractivity contribution in [2.24, 2.45) is 5.73 Å². The van der Waals surface area contributed by atoms with E-state index in [0.29, 0.717) is 5.69 Å². The number of pyridine rings is 1. The van der Waals surface area contributed by atoms with Gasteiger partial charge in [0.2, 0.25) is 0 Å². The van der Waals surface area contributed by atoms with Gasteiger partial charge in [0.05, 0.1) is 16.9 Å². The third-order valence-corrected chi connectivity index (χ3v) is 2.12. The molecule has 1 aromatic heterocycles. The lowest BCUT2D eigenvalue weighted by Gasteiger charge is -2.01. The van der Waals surface area contributed by atoms with Crippen LogP contribution in [-0.4, -0.2) is 16.8 Å². The van der Waals surface area contributed by atoms with Crippen molar-refractivity contribution in [3.05, 3.63) is 18.3 Å². The summed E-state index contributed by atoms with van der Waals surface area (Å²) in [6, 6.07) is 3.05. The number of anilines is 1. The predicted octanol–water partition coefficient (Wildman–Crippen LogP) is 1.68. The number of nitrogens with zero attached hydrogens (tertiary/aromatic N) is 1. The van der Waals surface area contributed by atoms with E-state index in [-0.39, 0.29) is 0 Å². The summed E-state index contributed by atoms with van der Waals surface area (Å²) in [6.07, 6.45) is 1.59. The second-order valence-corrected chi connectivity index (χ2v) is 3.59. The third-order valence-electron chi connectivity index (χ3n) is 1.30. The Hall–Kier alpha value is -1.23. The fraction of sp³-hybridized carbons (Fsp3) is 0.250. The monoisotopic (exact) mass is 197 g/mol. The highest BCUT2D eigenvalue weighted by molar-refractivity contribution is 7.99. The first-order chi connectivity index (χ1) is 6.22. The van der Waals surface area contributed by atoms with Crippen LogP contribution in [0.15, 0.2) is 23.4 Å². The van der Waals surface area contributed by atoms with Gasteiger partial charge in [0, 0.05) is 0 Å². The van der Waals surface area contributed by atoms with Crippen LogP contribution in [0.4, 0.5) is 10.5 Å². The lowest BCUT2D eigenvalue weighted by Crippen LogP contribution is -2.19. The minimum Gasteiger partial charge on any atom is -0.351 e. The Morgan fingerprint density at radius 3 is 2.92 bits per heavy atom. The second-order valence-electron chi connectivity index (χ2n) is 2.31. The van der Waals surface area contributed by atoms with Gasteiger partial charge in [0.15, 0.2) is 0 Å². The summed E-state index contributed by atoms with van der Waals surface area (Å²) >= 11 is 1.65. The van der Waals surface area contributed by atoms with E-state index >= 15 is 0 Å². The predicted molar refractivity (Wildman–Crippen MR) is 53.8 cm³/mol. The molecule has 1 aromatic rings. The van der Waals surface area contributed by atoms with E-state index in [1.54, 1.807) is 24.0 Å². The zero-order chi connectivity index (χ0) is 9.68. The number of carbonyl (C=O) groups excluding carboxylic acids is 1. The minimum absolute atomic E-state index is 0.572. The number of nitrogens with two attached hydrogens (primary N) is 1. The van der Waals surface area contributed by atoms with Gasteiger partial charge in [-0.05, 0) is 17.9 Å². The van der Waals surface area contributed by atoms with Crippen molar-refractivity contribution in [1.82, 2.24) is 4.98 Å². The van der Waals surface area contributed by atoms with Gasteiger partial charge in [-0.3, -0.25) is 0 Å². The number of aromatic nitrogens is 1. The van der Waals surface area contributed by atoms with Crippen LogP contribution < -0.4 is 11.1 Å². The van der Waals surface area contributed by atoms with Gasteiger partial charge in [0.1, 0.15) is 0 Å². The molecule has 4 nitrogen and oxygen atoms in total. The number of nitrogens with one attached hydrogen (secondary N) is 1. The maximum atomic E-state index is 10.5. The van der Waals surface area contributed by atoms with E-state index in [4.69, 9.17) is 5.73 Å². The Balaban J connectivity index is 2.64. The fourth-order valence-electron chi connectivity index (χ4n) is 0.830. The van der Waals surface area contributed by atoms with Gasteiger partial charge in [-0.15, -0.1) is 11.8 Å². The molecular weight excluding hydrogens is 186 g/mol. The number of rotatable bonds is 3. The Morgan fingerprint density at radius 2 is 2.46 bits per heavy atom. The maximum absolute atomic E-state index is 10.5. The topological polar surface area (TPSA) is 68.0 Å². The van der Waals surface area contributed by atoms with Gasteiger partial charge in [0.25, 0.3) is 0 Å². The van der Waals surface area contributed by atoms with Crippen LogP contribution in [0.3, 0.4) is 0 Å². The summed E-state index contributed by atoms with van der Waals surface area (Å²) in [5.74, 6) is 0.982. The highest BCUT2D eigenvalue weighted by Crippen LogP contribution is 2.15. The van der Waals surface area contributed by atoms with Crippen LogP contribution in [0.1, 0.15) is 6.92 Å². The molecule has 2 amide bonds. The Kier molecular flexibility index (Phi) is 3.57. The summed E-state index contributed by atoms with van der Waals surface area (Å²) in [6.45, 7) is 2.06. The number of primary amides is 1. The summed E-state index contributed by atoms with van der Waals surface area (Å²) in [7, 11) is 0. The van der Waals surface area contributed by atoms with Crippen molar-refractivity contribution in [1.29, 1.82) is 0 Å². The summed E-state index contributed by atoms with van der Waals surface area (Å²) in [5.41, 5.74) is 5.56. The standard InChI is InChI=1S/C8H11N3OS/c1-2-13-7-4-3-6(5-10-7)11-8(9)12/h3-5H,2H2,1H3,(H3,9,11,12). The molecule has 0 radical (unpaired) electrons. The quantitative estimate of drug-likeness (QED) is 0.724. The second kappa shape index (κ2) is 4.71. The average molecular weight is 197 g/mol. The molecule has 0 saturated carbocycles. The lowest BCUT2D eigenvalue weighted by molar-refractivity contribution is 0.259. The maximum Gasteiger partial charge on any atom is 0.316 e. The molecule has 0 aliphatic carbocycles. The molecule has 0 aliphatic rings. The van der Waals surface area contributed by atoms with Crippen LogP contribution in [0.2, 0.25) is 0 Å². The first-order valence-corrected chi connectivity index (χ1v) is 4.86. The number of carbonyl (C=O) groups is 1. The summed E-state index contributed by atoms with van der Waals surface area (Å²) in [4.78, 5) is 14.6. The van der Waals surface area contributed by atoms with Crippen LogP contribution in [0.5, 0.6) is 0 Å². The van der Waals surface area contributed by atoms with E-state index in [1.807, 2.05) is 6.07 Å². The summed E-state index contributed by atoms with van der Waals surface area (Å²) in [5, 5.41) is 3.38. The number of urea groups is 1. The smallest absolute Gasteiger partial charge is 0.316 e. The molecule has 70 valence electrons. The summed E-state index contributed by atoms with van der Waals surface area (Å²) < 4.78 is 0. The van der Waals surface area contributed by atoms with Crippen LogP contribution in [-0.2, 0) is 0 Å². The molecule has 0 bridgehead atoms. The minimum atomic E-state index is -0.572. The molecule has 3 N–H and O–H groups in total. The van der Waals surface area contributed by atoms with Crippen LogP contribution in [0, 0.1) is 0 Å². The molecule has 5 heteroatoms. The molecule has 1 heterocycles. The largest absolute Gasteiger partial charge is 0.351 e. The lowest BCUT2D eigenvalue weighted by atomic mass is 10.4. The molecule has 0 spiro atoms. The Labute approximate surface area is 80.9 Å². The van der Waals surface area contributed by atoms with E-state index in [1.165, 1.54) is 0 Å². The van der Waals surface area contributed by atoms with Crippen molar-refractivity contribution >= 4 is 23.5 Å². The van der Waals surface area contributed by atoms with Crippen molar-refractivity contribution < 1.29 is 4.79 Å². The molecule has 0 unspecified atom stereocenters. The van der Waals surface area contributed by atoms with E-state index < -0.39 is 6.03 Å². The molecule has 0 atom stereocenters. The van der Waals surface area contributed by atoms with Crippen molar-refractivity contribution in [3.63, 3.8) is 0 Å². The van der Waals surface area contributed by atoms with Gasteiger partial charge in [-0.25, -0.2) is 9.78 Å². The molecule has 0 aromatic carbocycles. The number of hydrogen-bond acceptors (Lipinski definition) is 3. The molecule has 0 aliphatic heterocycles. The van der Waals surface area contributed by atoms with Crippen molar-refractivity contribution in [2.45, 2.75) is 11.9 Å². The van der Waals surface area contributed by atoms with E-state index in [9.17, 15) is 4.79 Å². The molecular formula is C8H11N3OS. The molecule has 1 rings (SSSR count). The van der Waals surface area contributed by atoms with Crippen molar-refractivity contribution in [3.8, 4) is 0 Å². The molecule has 13 heavy (non-hydrogen) atoms. The van der Waals surface area contributed by atoms with Gasteiger partial charge in [-0.1, -0.05) is 6.92 Å². The Bertz CT molecular complexity index is 286. The zero-order valence-corrected chi connectivity index (χ0v) is 8.10. The van der Waals surface area contributed by atoms with Gasteiger partial charge in [-0.2, -0.15) is 0 Å². The van der Waals surface area contributed by atoms with Gasteiger partial charge < -0.3 is 11.1 Å². The SMILES string of the molecule is CCSc1ccc(NC(N)=O)cn1. The average Bonchev–Trinajstić information content (AvgIpc) is 2.08. The molecule has 0 saturated heterocycles. The van der Waals surface area contributed by atoms with Crippen molar-refractivity contribution in [2.75, 3.05) is 11.1 Å². The fourth-order valence-corrected chi connectivity index (χ4v) is 1.42. The number of thioether (sulfide) groups is 1. The first kappa shape index (κ1) is 9.85. The van der Waals surface area contributed by atoms with Crippen LogP contribution >= 0.6 is 11.8 Å². The first-order valence-electron chi connectivity index (χ1n) is 3.87. The molecule has 0 fully saturated rings. The zero-order valence-electron chi connectivity index (χ0n) is 7.28. The van der Waals surface area contributed by atoms with Crippen LogP contribution in [0.25, 0.3) is 0 Å². The number of amides is 2. The third kappa shape index (κ3) is 3.33.